The van der Waals surface area contributed by atoms with Crippen LogP contribution in [0.2, 0.25) is 10.0 Å². The molecule has 0 fully saturated rings. The van der Waals surface area contributed by atoms with E-state index in [1.807, 2.05) is 60.7 Å². The molecule has 0 aliphatic carbocycles. The van der Waals surface area contributed by atoms with Gasteiger partial charge in [-0.15, -0.1) is 10.2 Å². The summed E-state index contributed by atoms with van der Waals surface area (Å²) >= 11 is 13.5. The molecule has 0 spiro atoms. The van der Waals surface area contributed by atoms with Gasteiger partial charge in [-0.3, -0.25) is 4.79 Å². The van der Waals surface area contributed by atoms with Crippen LogP contribution in [0.3, 0.4) is 0 Å². The maximum Gasteiger partial charge on any atom is 0.225 e. The number of rotatable bonds is 7. The molecular formula is C24H18Cl2N4OS. The van der Waals surface area contributed by atoms with Gasteiger partial charge in [0.25, 0.3) is 0 Å². The summed E-state index contributed by atoms with van der Waals surface area (Å²) in [5, 5.41) is 12.7. The monoisotopic (exact) mass is 480 g/mol. The van der Waals surface area contributed by atoms with Gasteiger partial charge in [0, 0.05) is 23.3 Å². The lowest BCUT2D eigenvalue weighted by Gasteiger charge is -2.10. The van der Waals surface area contributed by atoms with Crippen molar-refractivity contribution in [3.63, 3.8) is 0 Å². The molecule has 3 aromatic carbocycles. The number of benzene rings is 3. The quantitative estimate of drug-likeness (QED) is 0.300. The molecule has 4 rings (SSSR count). The second kappa shape index (κ2) is 10.6. The van der Waals surface area contributed by atoms with Gasteiger partial charge < -0.3 is 5.32 Å². The highest BCUT2D eigenvalue weighted by atomic mass is 35.5. The molecule has 0 saturated heterocycles. The summed E-state index contributed by atoms with van der Waals surface area (Å²) in [7, 11) is 0. The van der Waals surface area contributed by atoms with Crippen molar-refractivity contribution in [2.75, 3.05) is 11.1 Å². The molecule has 0 unspecified atom stereocenters. The lowest BCUT2D eigenvalue weighted by molar-refractivity contribution is -0.115. The van der Waals surface area contributed by atoms with Crippen LogP contribution in [-0.4, -0.2) is 26.8 Å². The van der Waals surface area contributed by atoms with Crippen LogP contribution in [0.1, 0.15) is 6.42 Å². The normalized spacial score (nSPS) is 10.7. The fraction of sp³-hybridized carbons (Fsp3) is 0.0833. The van der Waals surface area contributed by atoms with E-state index in [-0.39, 0.29) is 12.3 Å². The molecule has 8 heteroatoms. The molecule has 0 radical (unpaired) electrons. The van der Waals surface area contributed by atoms with Crippen LogP contribution in [0.15, 0.2) is 84.0 Å². The Bertz CT molecular complexity index is 1220. The van der Waals surface area contributed by atoms with Crippen LogP contribution >= 0.6 is 35.0 Å². The molecule has 0 aliphatic heterocycles. The number of hydrogen-bond acceptors (Lipinski definition) is 5. The van der Waals surface area contributed by atoms with Gasteiger partial charge in [0.1, 0.15) is 11.4 Å². The standard InChI is InChI=1S/C24H18Cl2N4OS/c25-18-12-7-13-19(21(18)26)27-20(31)14-15-32-24-28-22(16-8-3-1-4-9-16)23(29-30-24)17-10-5-2-6-11-17/h1-13H,14-15H2,(H,27,31). The first-order valence-electron chi connectivity index (χ1n) is 9.84. The number of carbonyl (C=O) groups is 1. The highest BCUT2D eigenvalue weighted by molar-refractivity contribution is 7.99. The zero-order valence-electron chi connectivity index (χ0n) is 16.8. The Morgan fingerprint density at radius 2 is 1.47 bits per heavy atom. The average molecular weight is 481 g/mol. The maximum absolute atomic E-state index is 12.3. The number of nitrogens with zero attached hydrogens (tertiary/aromatic N) is 3. The van der Waals surface area contributed by atoms with E-state index in [1.54, 1.807) is 18.2 Å². The molecule has 1 N–H and O–H groups in total. The third kappa shape index (κ3) is 5.46. The SMILES string of the molecule is O=C(CCSc1nnc(-c2ccccc2)c(-c2ccccc2)n1)Nc1cccc(Cl)c1Cl. The minimum absolute atomic E-state index is 0.168. The second-order valence-corrected chi connectivity index (χ2v) is 8.62. The van der Waals surface area contributed by atoms with Gasteiger partial charge in [0.2, 0.25) is 11.1 Å². The molecule has 0 aliphatic rings. The van der Waals surface area contributed by atoms with Gasteiger partial charge in [0.15, 0.2) is 0 Å². The lowest BCUT2D eigenvalue weighted by Crippen LogP contribution is -2.12. The highest BCUT2D eigenvalue weighted by Gasteiger charge is 2.14. The number of hydrogen-bond donors (Lipinski definition) is 1. The molecule has 4 aromatic rings. The van der Waals surface area contributed by atoms with Crippen LogP contribution in [0.4, 0.5) is 5.69 Å². The van der Waals surface area contributed by atoms with E-state index in [2.05, 4.69) is 15.5 Å². The van der Waals surface area contributed by atoms with Crippen LogP contribution in [0, 0.1) is 0 Å². The van der Waals surface area contributed by atoms with Crippen LogP contribution in [0.5, 0.6) is 0 Å². The molecule has 1 aromatic heterocycles. The van der Waals surface area contributed by atoms with Gasteiger partial charge >= 0.3 is 0 Å². The van der Waals surface area contributed by atoms with E-state index >= 15 is 0 Å². The molecule has 0 bridgehead atoms. The number of aromatic nitrogens is 3. The van der Waals surface area contributed by atoms with Crippen molar-refractivity contribution in [1.29, 1.82) is 0 Å². The van der Waals surface area contributed by atoms with Gasteiger partial charge in [0.05, 0.1) is 15.7 Å². The smallest absolute Gasteiger partial charge is 0.225 e. The predicted octanol–water partition coefficient (Wildman–Crippen LogP) is 6.63. The lowest BCUT2D eigenvalue weighted by atomic mass is 10.0. The van der Waals surface area contributed by atoms with Gasteiger partial charge in [-0.25, -0.2) is 4.98 Å². The Kier molecular flexibility index (Phi) is 7.37. The van der Waals surface area contributed by atoms with E-state index in [9.17, 15) is 4.79 Å². The zero-order chi connectivity index (χ0) is 22.3. The fourth-order valence-electron chi connectivity index (χ4n) is 3.01. The summed E-state index contributed by atoms with van der Waals surface area (Å²) in [5.74, 6) is 0.323. The zero-order valence-corrected chi connectivity index (χ0v) is 19.2. The molecular weight excluding hydrogens is 463 g/mol. The molecule has 0 atom stereocenters. The fourth-order valence-corrected chi connectivity index (χ4v) is 4.08. The number of nitrogens with one attached hydrogen (secondary N) is 1. The number of halogens is 2. The first-order chi connectivity index (χ1) is 15.6. The molecule has 0 saturated carbocycles. The van der Waals surface area contributed by atoms with Crippen molar-refractivity contribution in [1.82, 2.24) is 15.2 Å². The Morgan fingerprint density at radius 3 is 2.16 bits per heavy atom. The van der Waals surface area contributed by atoms with Crippen molar-refractivity contribution in [3.05, 3.63) is 88.9 Å². The van der Waals surface area contributed by atoms with Gasteiger partial charge in [-0.05, 0) is 12.1 Å². The van der Waals surface area contributed by atoms with Crippen LogP contribution in [-0.2, 0) is 4.79 Å². The summed E-state index contributed by atoms with van der Waals surface area (Å²) in [6.07, 6.45) is 0.262. The van der Waals surface area contributed by atoms with E-state index in [1.165, 1.54) is 11.8 Å². The van der Waals surface area contributed by atoms with Gasteiger partial charge in [-0.2, -0.15) is 0 Å². The summed E-state index contributed by atoms with van der Waals surface area (Å²) in [4.78, 5) is 17.1. The predicted molar refractivity (Wildman–Crippen MR) is 131 cm³/mol. The average Bonchev–Trinajstić information content (AvgIpc) is 2.83. The highest BCUT2D eigenvalue weighted by Crippen LogP contribution is 2.31. The Hall–Kier alpha value is -2.93. The number of thioether (sulfide) groups is 1. The molecule has 1 heterocycles. The summed E-state index contributed by atoms with van der Waals surface area (Å²) in [5.41, 5.74) is 3.86. The number of anilines is 1. The van der Waals surface area contributed by atoms with Crippen molar-refractivity contribution in [3.8, 4) is 22.5 Å². The third-order valence-corrected chi connectivity index (χ3v) is 6.21. The first kappa shape index (κ1) is 22.3. The van der Waals surface area contributed by atoms with E-state index < -0.39 is 0 Å². The molecule has 160 valence electrons. The summed E-state index contributed by atoms with van der Waals surface area (Å²) in [6, 6.07) is 24.8. The van der Waals surface area contributed by atoms with Crippen molar-refractivity contribution >= 4 is 46.6 Å². The van der Waals surface area contributed by atoms with Crippen molar-refractivity contribution < 1.29 is 4.79 Å². The summed E-state index contributed by atoms with van der Waals surface area (Å²) in [6.45, 7) is 0. The maximum atomic E-state index is 12.3. The van der Waals surface area contributed by atoms with Crippen molar-refractivity contribution in [2.24, 2.45) is 0 Å². The number of amides is 1. The summed E-state index contributed by atoms with van der Waals surface area (Å²) < 4.78 is 0. The van der Waals surface area contributed by atoms with E-state index in [0.717, 1.165) is 22.5 Å². The van der Waals surface area contributed by atoms with Gasteiger partial charge in [-0.1, -0.05) is 102 Å². The minimum Gasteiger partial charge on any atom is -0.325 e. The number of carbonyl (C=O) groups excluding carboxylic acids is 1. The van der Waals surface area contributed by atoms with Crippen LogP contribution in [0.25, 0.3) is 22.5 Å². The minimum atomic E-state index is -0.168. The molecule has 32 heavy (non-hydrogen) atoms. The Balaban J connectivity index is 1.47. The largest absolute Gasteiger partial charge is 0.325 e. The third-order valence-electron chi connectivity index (χ3n) is 4.55. The Labute approximate surface area is 200 Å². The molecule has 5 nitrogen and oxygen atoms in total. The first-order valence-corrected chi connectivity index (χ1v) is 11.6. The van der Waals surface area contributed by atoms with Crippen molar-refractivity contribution in [2.45, 2.75) is 11.6 Å². The second-order valence-electron chi connectivity index (χ2n) is 6.77. The molecule has 1 amide bonds. The van der Waals surface area contributed by atoms with Crippen LogP contribution < -0.4 is 5.32 Å². The Morgan fingerprint density at radius 1 is 0.812 bits per heavy atom. The topological polar surface area (TPSA) is 67.8 Å². The van der Waals surface area contributed by atoms with E-state index in [4.69, 9.17) is 28.2 Å². The van der Waals surface area contributed by atoms with E-state index in [0.29, 0.717) is 26.6 Å².